The number of halogens is 1. The van der Waals surface area contributed by atoms with Gasteiger partial charge in [0.1, 0.15) is 0 Å². The van der Waals surface area contributed by atoms with Crippen molar-refractivity contribution in [3.8, 4) is 11.1 Å². The van der Waals surface area contributed by atoms with Crippen molar-refractivity contribution < 1.29 is 14.7 Å². The molecule has 1 aliphatic carbocycles. The molecule has 1 amide bonds. The molecule has 2 N–H and O–H groups in total. The highest BCUT2D eigenvalue weighted by molar-refractivity contribution is 6.31. The summed E-state index contributed by atoms with van der Waals surface area (Å²) >= 11 is 6.27. The quantitative estimate of drug-likeness (QED) is 0.332. The van der Waals surface area contributed by atoms with Crippen LogP contribution in [-0.2, 0) is 9.59 Å². The van der Waals surface area contributed by atoms with Crippen molar-refractivity contribution in [2.24, 2.45) is 5.92 Å². The lowest BCUT2D eigenvalue weighted by Gasteiger charge is -2.25. The average Bonchev–Trinajstić information content (AvgIpc) is 3.36. The van der Waals surface area contributed by atoms with Crippen LogP contribution in [0.2, 0.25) is 5.02 Å². The molecule has 6 heteroatoms. The SMILES string of the molecule is Cc1ncc(-c2ccc(C(C(=O)Nc3cccc(C(C)CC(=O)O)c3C)C3CCCC3)cc2)cc1Cl. The molecule has 1 aromatic heterocycles. The van der Waals surface area contributed by atoms with E-state index in [9.17, 15) is 14.7 Å². The number of hydrogen-bond acceptors (Lipinski definition) is 3. The van der Waals surface area contributed by atoms with E-state index < -0.39 is 5.97 Å². The second-order valence-corrected chi connectivity index (χ2v) is 10.4. The van der Waals surface area contributed by atoms with E-state index >= 15 is 0 Å². The molecule has 36 heavy (non-hydrogen) atoms. The molecule has 1 fully saturated rings. The fourth-order valence-electron chi connectivity index (χ4n) is 5.38. The van der Waals surface area contributed by atoms with Crippen molar-refractivity contribution in [3.05, 3.63) is 82.1 Å². The number of carbonyl (C=O) groups is 2. The van der Waals surface area contributed by atoms with Gasteiger partial charge < -0.3 is 10.4 Å². The van der Waals surface area contributed by atoms with Gasteiger partial charge in [0.05, 0.1) is 23.1 Å². The minimum Gasteiger partial charge on any atom is -0.481 e. The van der Waals surface area contributed by atoms with Crippen LogP contribution in [0.15, 0.2) is 54.7 Å². The molecule has 188 valence electrons. The van der Waals surface area contributed by atoms with Crippen LogP contribution in [-0.4, -0.2) is 22.0 Å². The van der Waals surface area contributed by atoms with Gasteiger partial charge in [-0.15, -0.1) is 0 Å². The highest BCUT2D eigenvalue weighted by Crippen LogP contribution is 2.39. The third-order valence-corrected chi connectivity index (χ3v) is 7.81. The van der Waals surface area contributed by atoms with Crippen LogP contribution in [0.4, 0.5) is 5.69 Å². The number of carboxylic acids is 1. The van der Waals surface area contributed by atoms with E-state index in [1.807, 2.05) is 75.5 Å². The lowest BCUT2D eigenvalue weighted by molar-refractivity contribution is -0.137. The Kier molecular flexibility index (Phi) is 8.10. The first-order valence-electron chi connectivity index (χ1n) is 12.6. The molecule has 3 aromatic rings. The lowest BCUT2D eigenvalue weighted by atomic mass is 9.83. The highest BCUT2D eigenvalue weighted by Gasteiger charge is 2.32. The first-order valence-corrected chi connectivity index (χ1v) is 13.0. The minimum absolute atomic E-state index is 0.0131. The fraction of sp³-hybridized carbons (Fsp3) is 0.367. The largest absolute Gasteiger partial charge is 0.481 e. The molecule has 2 unspecified atom stereocenters. The molecule has 0 saturated heterocycles. The number of aryl methyl sites for hydroxylation is 1. The van der Waals surface area contributed by atoms with Gasteiger partial charge in [0.2, 0.25) is 5.91 Å². The zero-order chi connectivity index (χ0) is 25.8. The number of nitrogens with zero attached hydrogens (tertiary/aromatic N) is 1. The summed E-state index contributed by atoms with van der Waals surface area (Å²) in [5, 5.41) is 13.0. The number of hydrogen-bond donors (Lipinski definition) is 2. The Balaban J connectivity index is 1.60. The normalized spacial score (nSPS) is 15.4. The molecule has 1 aliphatic rings. The van der Waals surface area contributed by atoms with E-state index in [1.165, 1.54) is 0 Å². The Hall–Kier alpha value is -3.18. The Labute approximate surface area is 217 Å². The second-order valence-electron chi connectivity index (χ2n) is 9.94. The molecule has 0 aliphatic heterocycles. The Bertz CT molecular complexity index is 1250. The summed E-state index contributed by atoms with van der Waals surface area (Å²) in [6, 6.07) is 15.8. The number of anilines is 1. The van der Waals surface area contributed by atoms with Crippen LogP contribution in [0.3, 0.4) is 0 Å². The van der Waals surface area contributed by atoms with E-state index in [4.69, 9.17) is 11.6 Å². The number of aliphatic carboxylic acids is 1. The van der Waals surface area contributed by atoms with Gasteiger partial charge in [0.15, 0.2) is 0 Å². The minimum atomic E-state index is -0.829. The van der Waals surface area contributed by atoms with Crippen LogP contribution < -0.4 is 5.32 Å². The smallest absolute Gasteiger partial charge is 0.303 e. The maximum absolute atomic E-state index is 13.7. The number of benzene rings is 2. The van der Waals surface area contributed by atoms with E-state index in [-0.39, 0.29) is 24.2 Å². The van der Waals surface area contributed by atoms with Crippen LogP contribution in [0, 0.1) is 19.8 Å². The molecule has 0 bridgehead atoms. The zero-order valence-electron chi connectivity index (χ0n) is 21.1. The number of amides is 1. The summed E-state index contributed by atoms with van der Waals surface area (Å²) in [5.41, 5.74) is 6.37. The number of aromatic nitrogens is 1. The number of nitrogens with one attached hydrogen (secondary N) is 1. The van der Waals surface area contributed by atoms with E-state index in [0.717, 1.165) is 64.9 Å². The summed E-state index contributed by atoms with van der Waals surface area (Å²) in [5.74, 6) is -0.936. The van der Waals surface area contributed by atoms with Crippen molar-refractivity contribution in [1.82, 2.24) is 4.98 Å². The first kappa shape index (κ1) is 25.9. The van der Waals surface area contributed by atoms with Crippen LogP contribution >= 0.6 is 11.6 Å². The predicted octanol–water partition coefficient (Wildman–Crippen LogP) is 7.51. The molecule has 1 saturated carbocycles. The van der Waals surface area contributed by atoms with E-state index in [2.05, 4.69) is 10.3 Å². The molecule has 5 nitrogen and oxygen atoms in total. The first-order chi connectivity index (χ1) is 17.2. The maximum Gasteiger partial charge on any atom is 0.303 e. The fourth-order valence-corrected chi connectivity index (χ4v) is 5.55. The van der Waals surface area contributed by atoms with Crippen LogP contribution in [0.25, 0.3) is 11.1 Å². The van der Waals surface area contributed by atoms with Gasteiger partial charge >= 0.3 is 5.97 Å². The molecule has 0 radical (unpaired) electrons. The van der Waals surface area contributed by atoms with Crippen molar-refractivity contribution in [3.63, 3.8) is 0 Å². The molecule has 2 atom stereocenters. The number of rotatable bonds is 8. The monoisotopic (exact) mass is 504 g/mol. The van der Waals surface area contributed by atoms with Gasteiger partial charge in [-0.1, -0.05) is 67.8 Å². The zero-order valence-corrected chi connectivity index (χ0v) is 21.8. The van der Waals surface area contributed by atoms with Crippen LogP contribution in [0.5, 0.6) is 0 Å². The van der Waals surface area contributed by atoms with Crippen molar-refractivity contribution in [1.29, 1.82) is 0 Å². The summed E-state index contributed by atoms with van der Waals surface area (Å²) in [4.78, 5) is 29.3. The van der Waals surface area contributed by atoms with E-state index in [1.54, 1.807) is 0 Å². The summed E-state index contributed by atoms with van der Waals surface area (Å²) in [6.45, 7) is 5.73. The van der Waals surface area contributed by atoms with Crippen molar-refractivity contribution in [2.45, 2.75) is 64.7 Å². The number of carboxylic acid groups (broad SMARTS) is 1. The Morgan fingerprint density at radius 3 is 2.42 bits per heavy atom. The molecule has 1 heterocycles. The van der Waals surface area contributed by atoms with Gasteiger partial charge in [-0.3, -0.25) is 14.6 Å². The lowest BCUT2D eigenvalue weighted by Crippen LogP contribution is -2.27. The van der Waals surface area contributed by atoms with Crippen molar-refractivity contribution >= 4 is 29.2 Å². The summed E-state index contributed by atoms with van der Waals surface area (Å²) in [7, 11) is 0. The Morgan fingerprint density at radius 2 is 1.78 bits per heavy atom. The molecule has 2 aromatic carbocycles. The van der Waals surface area contributed by atoms with Crippen LogP contribution in [0.1, 0.15) is 73.2 Å². The van der Waals surface area contributed by atoms with E-state index in [0.29, 0.717) is 10.9 Å². The average molecular weight is 505 g/mol. The maximum atomic E-state index is 13.7. The standard InChI is InChI=1S/C30H33ClN2O3/c1-18(15-28(34)35)25-9-6-10-27(19(25)2)33-30(36)29(22-7-4-5-8-22)23-13-11-21(12-14-23)24-16-26(31)20(3)32-17-24/h6,9-14,16-18,22,29H,4-5,7-8,15H2,1-3H3,(H,33,36)(H,34,35). The molecule has 4 rings (SSSR count). The number of carbonyl (C=O) groups excluding carboxylic acids is 1. The Morgan fingerprint density at radius 1 is 1.08 bits per heavy atom. The number of pyridine rings is 1. The van der Waals surface area contributed by atoms with Gasteiger partial charge in [0.25, 0.3) is 0 Å². The molecular weight excluding hydrogens is 472 g/mol. The van der Waals surface area contributed by atoms with Gasteiger partial charge in [0, 0.05) is 17.4 Å². The topological polar surface area (TPSA) is 79.3 Å². The molecular formula is C30H33ClN2O3. The predicted molar refractivity (Wildman–Crippen MR) is 145 cm³/mol. The third kappa shape index (κ3) is 5.79. The van der Waals surface area contributed by atoms with Crippen molar-refractivity contribution in [2.75, 3.05) is 5.32 Å². The third-order valence-electron chi connectivity index (χ3n) is 7.43. The summed E-state index contributed by atoms with van der Waals surface area (Å²) in [6.07, 6.45) is 6.22. The van der Waals surface area contributed by atoms with Gasteiger partial charge in [-0.25, -0.2) is 0 Å². The summed E-state index contributed by atoms with van der Waals surface area (Å²) < 4.78 is 0. The molecule has 0 spiro atoms. The highest BCUT2D eigenvalue weighted by atomic mass is 35.5. The second kappa shape index (κ2) is 11.3. The van der Waals surface area contributed by atoms with Gasteiger partial charge in [-0.05, 0) is 72.9 Å². The van der Waals surface area contributed by atoms with Gasteiger partial charge in [-0.2, -0.15) is 0 Å².